The lowest BCUT2D eigenvalue weighted by atomic mass is 9.84. The number of carbonyl (C=O) groups excluding carboxylic acids is 1. The molecule has 1 aliphatic carbocycles. The van der Waals surface area contributed by atoms with Crippen LogP contribution in [0.1, 0.15) is 43.4 Å². The molecule has 0 aromatic heterocycles. The minimum absolute atomic E-state index is 0.0583. The number of benzene rings is 2. The second kappa shape index (κ2) is 5.44. The van der Waals surface area contributed by atoms with Gasteiger partial charge in [0, 0.05) is 17.5 Å². The van der Waals surface area contributed by atoms with Crippen LogP contribution < -0.4 is 0 Å². The molecule has 1 aliphatic rings. The lowest BCUT2D eigenvalue weighted by Crippen LogP contribution is -2.12. The Bertz CT molecular complexity index is 728. The number of carbonyl (C=O) groups is 1. The van der Waals surface area contributed by atoms with Crippen molar-refractivity contribution < 1.29 is 9.53 Å². The fourth-order valence-electron chi connectivity index (χ4n) is 3.10. The molecule has 0 fully saturated rings. The first-order chi connectivity index (χ1) is 10.4. The van der Waals surface area contributed by atoms with Crippen molar-refractivity contribution in [3.05, 3.63) is 59.2 Å². The van der Waals surface area contributed by atoms with Crippen molar-refractivity contribution in [1.82, 2.24) is 0 Å². The summed E-state index contributed by atoms with van der Waals surface area (Å²) in [5.74, 6) is 0.0583. The molecular weight excluding hydrogens is 296 g/mol. The van der Waals surface area contributed by atoms with Gasteiger partial charge in [-0.2, -0.15) is 0 Å². The minimum atomic E-state index is -0.753. The Morgan fingerprint density at radius 1 is 1.09 bits per heavy atom. The van der Waals surface area contributed by atoms with Gasteiger partial charge in [-0.25, -0.2) is 4.79 Å². The van der Waals surface area contributed by atoms with Crippen LogP contribution in [-0.4, -0.2) is 12.0 Å². The standard InChI is InChI=1S/C19H19ClO2/c1-19(2,3)12-8-9-15-16(10-12)13-6-4-5-7-14(13)17(15)11-22-18(20)21/h4-10,17H,11H2,1-3H3. The molecule has 22 heavy (non-hydrogen) atoms. The highest BCUT2D eigenvalue weighted by Crippen LogP contribution is 2.46. The predicted octanol–water partition coefficient (Wildman–Crippen LogP) is 5.47. The summed E-state index contributed by atoms with van der Waals surface area (Å²) in [5.41, 5.74) is 5.50. The molecule has 3 rings (SSSR count). The van der Waals surface area contributed by atoms with Gasteiger partial charge >= 0.3 is 5.43 Å². The molecular formula is C19H19ClO2. The second-order valence-electron chi connectivity index (χ2n) is 6.74. The summed E-state index contributed by atoms with van der Waals surface area (Å²) in [5, 5.41) is 0. The number of hydrogen-bond acceptors (Lipinski definition) is 2. The first-order valence-corrected chi connectivity index (χ1v) is 7.81. The number of hydrogen-bond donors (Lipinski definition) is 0. The van der Waals surface area contributed by atoms with Gasteiger partial charge in [-0.15, -0.1) is 0 Å². The lowest BCUT2D eigenvalue weighted by Gasteiger charge is -2.20. The third-order valence-electron chi connectivity index (χ3n) is 4.28. The zero-order valence-corrected chi connectivity index (χ0v) is 13.8. The third-order valence-corrected chi connectivity index (χ3v) is 4.39. The summed E-state index contributed by atoms with van der Waals surface area (Å²) in [7, 11) is 0. The van der Waals surface area contributed by atoms with E-state index in [1.165, 1.54) is 27.8 Å². The molecule has 0 radical (unpaired) electrons. The Hall–Kier alpha value is -1.80. The van der Waals surface area contributed by atoms with Crippen LogP contribution in [0, 0.1) is 0 Å². The molecule has 0 spiro atoms. The molecule has 114 valence electrons. The van der Waals surface area contributed by atoms with Crippen molar-refractivity contribution in [3.63, 3.8) is 0 Å². The Labute approximate surface area is 136 Å². The third kappa shape index (κ3) is 2.64. The fourth-order valence-corrected chi connectivity index (χ4v) is 3.16. The maximum Gasteiger partial charge on any atom is 0.403 e. The van der Waals surface area contributed by atoms with Crippen molar-refractivity contribution in [2.75, 3.05) is 6.61 Å². The predicted molar refractivity (Wildman–Crippen MR) is 89.6 cm³/mol. The first-order valence-electron chi connectivity index (χ1n) is 7.44. The van der Waals surface area contributed by atoms with Gasteiger partial charge in [-0.1, -0.05) is 63.2 Å². The van der Waals surface area contributed by atoms with Gasteiger partial charge in [0.15, 0.2) is 0 Å². The van der Waals surface area contributed by atoms with E-state index in [2.05, 4.69) is 51.1 Å². The molecule has 3 heteroatoms. The van der Waals surface area contributed by atoms with Gasteiger partial charge in [-0.3, -0.25) is 0 Å². The Balaban J connectivity index is 2.09. The van der Waals surface area contributed by atoms with E-state index in [0.717, 1.165) is 0 Å². The van der Waals surface area contributed by atoms with Crippen molar-refractivity contribution in [2.45, 2.75) is 32.1 Å². The van der Waals surface area contributed by atoms with Gasteiger partial charge in [0.2, 0.25) is 0 Å². The summed E-state index contributed by atoms with van der Waals surface area (Å²) in [4.78, 5) is 11.0. The molecule has 0 aliphatic heterocycles. The zero-order valence-electron chi connectivity index (χ0n) is 13.0. The summed E-state index contributed by atoms with van der Waals surface area (Å²) >= 11 is 5.33. The molecule has 2 aromatic carbocycles. The zero-order chi connectivity index (χ0) is 15.9. The molecule has 0 saturated carbocycles. The molecule has 0 heterocycles. The van der Waals surface area contributed by atoms with Crippen LogP contribution in [0.3, 0.4) is 0 Å². The van der Waals surface area contributed by atoms with Crippen LogP contribution in [0.15, 0.2) is 42.5 Å². The highest BCUT2D eigenvalue weighted by molar-refractivity contribution is 6.61. The molecule has 2 aromatic rings. The monoisotopic (exact) mass is 314 g/mol. The van der Waals surface area contributed by atoms with Crippen molar-refractivity contribution in [3.8, 4) is 11.1 Å². The Morgan fingerprint density at radius 3 is 2.45 bits per heavy atom. The van der Waals surface area contributed by atoms with E-state index in [9.17, 15) is 4.79 Å². The summed E-state index contributed by atoms with van der Waals surface area (Å²) in [6.45, 7) is 6.91. The summed E-state index contributed by atoms with van der Waals surface area (Å²) in [6, 6.07) is 14.9. The molecule has 1 unspecified atom stereocenters. The molecule has 1 atom stereocenters. The normalized spacial score (nSPS) is 16.1. The largest absolute Gasteiger partial charge is 0.453 e. The SMILES string of the molecule is CC(C)(C)c1ccc2c(c1)-c1ccccc1C2COC(=O)Cl. The lowest BCUT2D eigenvalue weighted by molar-refractivity contribution is 0.170. The van der Waals surface area contributed by atoms with Gasteiger partial charge in [0.1, 0.15) is 6.61 Å². The molecule has 0 bridgehead atoms. The first kappa shape index (κ1) is 15.1. The Kier molecular flexibility index (Phi) is 3.73. The maximum absolute atomic E-state index is 11.0. The maximum atomic E-state index is 11.0. The van der Waals surface area contributed by atoms with Crippen molar-refractivity contribution in [1.29, 1.82) is 0 Å². The van der Waals surface area contributed by atoms with Gasteiger partial charge in [-0.05, 0) is 33.2 Å². The van der Waals surface area contributed by atoms with E-state index in [1.54, 1.807) is 0 Å². The van der Waals surface area contributed by atoms with Crippen LogP contribution in [0.25, 0.3) is 11.1 Å². The number of ether oxygens (including phenoxy) is 1. The molecule has 0 amide bonds. The average Bonchev–Trinajstić information content (AvgIpc) is 2.77. The summed E-state index contributed by atoms with van der Waals surface area (Å²) in [6.07, 6.45) is 0. The fraction of sp³-hybridized carbons (Fsp3) is 0.316. The molecule has 0 saturated heterocycles. The van der Waals surface area contributed by atoms with E-state index in [0.29, 0.717) is 0 Å². The van der Waals surface area contributed by atoms with E-state index in [-0.39, 0.29) is 17.9 Å². The van der Waals surface area contributed by atoms with Gasteiger partial charge in [0.05, 0.1) is 0 Å². The van der Waals surface area contributed by atoms with E-state index < -0.39 is 5.43 Å². The topological polar surface area (TPSA) is 26.3 Å². The van der Waals surface area contributed by atoms with Crippen LogP contribution in [0.5, 0.6) is 0 Å². The Morgan fingerprint density at radius 2 is 1.77 bits per heavy atom. The van der Waals surface area contributed by atoms with Crippen molar-refractivity contribution in [2.24, 2.45) is 0 Å². The van der Waals surface area contributed by atoms with E-state index in [4.69, 9.17) is 16.3 Å². The highest BCUT2D eigenvalue weighted by atomic mass is 35.5. The average molecular weight is 315 g/mol. The van der Waals surface area contributed by atoms with Gasteiger partial charge in [0.25, 0.3) is 0 Å². The van der Waals surface area contributed by atoms with Crippen LogP contribution in [-0.2, 0) is 10.2 Å². The smallest absolute Gasteiger partial charge is 0.403 e. The van der Waals surface area contributed by atoms with Crippen molar-refractivity contribution >= 4 is 17.0 Å². The quantitative estimate of drug-likeness (QED) is 0.687. The minimum Gasteiger partial charge on any atom is -0.453 e. The van der Waals surface area contributed by atoms with Crippen LogP contribution in [0.4, 0.5) is 4.79 Å². The van der Waals surface area contributed by atoms with Gasteiger partial charge < -0.3 is 4.74 Å². The molecule has 0 N–H and O–H groups in total. The van der Waals surface area contributed by atoms with Crippen LogP contribution >= 0.6 is 11.6 Å². The number of halogens is 1. The second-order valence-corrected chi connectivity index (χ2v) is 7.05. The number of rotatable bonds is 2. The highest BCUT2D eigenvalue weighted by Gasteiger charge is 2.30. The number of fused-ring (bicyclic) bond motifs is 3. The summed E-state index contributed by atoms with van der Waals surface area (Å²) < 4.78 is 5.06. The molecule has 2 nitrogen and oxygen atoms in total. The van der Waals surface area contributed by atoms with E-state index in [1.807, 2.05) is 12.1 Å². The van der Waals surface area contributed by atoms with E-state index >= 15 is 0 Å². The van der Waals surface area contributed by atoms with Crippen LogP contribution in [0.2, 0.25) is 0 Å².